The number of amides is 1. The molecule has 5 nitrogen and oxygen atoms in total. The SMILES string of the molecule is COc1cc(CNc2ccccc2C)cc(Br)c1OCC(=O)Nc1ccccc1. The maximum Gasteiger partial charge on any atom is 0.262 e. The van der Waals surface area contributed by atoms with E-state index in [2.05, 4.69) is 39.6 Å². The topological polar surface area (TPSA) is 59.6 Å². The largest absolute Gasteiger partial charge is 0.493 e. The second kappa shape index (κ2) is 9.98. The molecule has 1 amide bonds. The molecule has 0 saturated heterocycles. The number of methoxy groups -OCH3 is 1. The van der Waals surface area contributed by atoms with Gasteiger partial charge in [0.05, 0.1) is 11.6 Å². The second-order valence-corrected chi connectivity index (χ2v) is 7.33. The summed E-state index contributed by atoms with van der Waals surface area (Å²) in [6, 6.07) is 21.3. The van der Waals surface area contributed by atoms with Gasteiger partial charge in [0.2, 0.25) is 0 Å². The Hall–Kier alpha value is -2.99. The Balaban J connectivity index is 1.65. The van der Waals surface area contributed by atoms with Crippen LogP contribution in [-0.2, 0) is 11.3 Å². The quantitative estimate of drug-likeness (QED) is 0.478. The van der Waals surface area contributed by atoms with Gasteiger partial charge < -0.3 is 20.1 Å². The number of hydrogen-bond donors (Lipinski definition) is 2. The van der Waals surface area contributed by atoms with Gasteiger partial charge in [0, 0.05) is 17.9 Å². The monoisotopic (exact) mass is 454 g/mol. The molecule has 0 aromatic heterocycles. The van der Waals surface area contributed by atoms with Crippen LogP contribution in [0.15, 0.2) is 71.2 Å². The zero-order valence-electron chi connectivity index (χ0n) is 16.4. The normalized spacial score (nSPS) is 10.3. The summed E-state index contributed by atoms with van der Waals surface area (Å²) in [5, 5.41) is 6.22. The van der Waals surface area contributed by atoms with Gasteiger partial charge in [0.1, 0.15) is 0 Å². The van der Waals surface area contributed by atoms with Gasteiger partial charge in [0.15, 0.2) is 18.1 Å². The predicted molar refractivity (Wildman–Crippen MR) is 120 cm³/mol. The van der Waals surface area contributed by atoms with Crippen LogP contribution in [0.5, 0.6) is 11.5 Å². The van der Waals surface area contributed by atoms with E-state index in [0.29, 0.717) is 18.0 Å². The fourth-order valence-corrected chi connectivity index (χ4v) is 3.44. The lowest BCUT2D eigenvalue weighted by molar-refractivity contribution is -0.118. The Morgan fingerprint density at radius 1 is 1.03 bits per heavy atom. The Morgan fingerprint density at radius 3 is 2.48 bits per heavy atom. The number of hydrogen-bond acceptors (Lipinski definition) is 4. The lowest BCUT2D eigenvalue weighted by atomic mass is 10.1. The third-order valence-electron chi connectivity index (χ3n) is 4.32. The highest BCUT2D eigenvalue weighted by Gasteiger charge is 2.14. The minimum absolute atomic E-state index is 0.120. The van der Waals surface area contributed by atoms with Crippen molar-refractivity contribution in [3.63, 3.8) is 0 Å². The van der Waals surface area contributed by atoms with Gasteiger partial charge in [-0.1, -0.05) is 36.4 Å². The second-order valence-electron chi connectivity index (χ2n) is 6.48. The van der Waals surface area contributed by atoms with Crippen molar-refractivity contribution in [2.24, 2.45) is 0 Å². The summed E-state index contributed by atoms with van der Waals surface area (Å²) in [4.78, 5) is 12.2. The van der Waals surface area contributed by atoms with Crippen LogP contribution in [0.2, 0.25) is 0 Å². The molecule has 0 atom stereocenters. The average molecular weight is 455 g/mol. The molecule has 29 heavy (non-hydrogen) atoms. The Bertz CT molecular complexity index is 977. The highest BCUT2D eigenvalue weighted by Crippen LogP contribution is 2.37. The Labute approximate surface area is 179 Å². The number of anilines is 2. The van der Waals surface area contributed by atoms with E-state index in [-0.39, 0.29) is 12.5 Å². The molecule has 0 aliphatic carbocycles. The smallest absolute Gasteiger partial charge is 0.262 e. The van der Waals surface area contributed by atoms with Crippen molar-refractivity contribution >= 4 is 33.2 Å². The molecule has 0 spiro atoms. The molecule has 150 valence electrons. The van der Waals surface area contributed by atoms with Crippen LogP contribution < -0.4 is 20.1 Å². The van der Waals surface area contributed by atoms with Gasteiger partial charge in [-0.3, -0.25) is 4.79 Å². The molecule has 0 saturated carbocycles. The number of carbonyl (C=O) groups is 1. The summed E-state index contributed by atoms with van der Waals surface area (Å²) in [6.07, 6.45) is 0. The maximum absolute atomic E-state index is 12.2. The number of halogens is 1. The van der Waals surface area contributed by atoms with Gasteiger partial charge in [0.25, 0.3) is 5.91 Å². The molecule has 3 aromatic rings. The molecular weight excluding hydrogens is 432 g/mol. The third kappa shape index (κ3) is 5.74. The molecular formula is C23H23BrN2O3. The minimum atomic E-state index is -0.240. The van der Waals surface area contributed by atoms with Crippen LogP contribution >= 0.6 is 15.9 Å². The first-order valence-corrected chi connectivity index (χ1v) is 9.99. The zero-order valence-corrected chi connectivity index (χ0v) is 18.0. The van der Waals surface area contributed by atoms with Crippen LogP contribution in [0.4, 0.5) is 11.4 Å². The van der Waals surface area contributed by atoms with Crippen molar-refractivity contribution in [3.05, 3.63) is 82.3 Å². The van der Waals surface area contributed by atoms with Gasteiger partial charge >= 0.3 is 0 Å². The number of para-hydroxylation sites is 2. The summed E-state index contributed by atoms with van der Waals surface area (Å²) >= 11 is 3.53. The number of ether oxygens (including phenoxy) is 2. The van der Waals surface area contributed by atoms with Crippen molar-refractivity contribution in [2.45, 2.75) is 13.5 Å². The lowest BCUT2D eigenvalue weighted by Crippen LogP contribution is -2.20. The van der Waals surface area contributed by atoms with Gasteiger partial charge in [-0.15, -0.1) is 0 Å². The molecule has 0 heterocycles. The van der Waals surface area contributed by atoms with Crippen molar-refractivity contribution < 1.29 is 14.3 Å². The first-order chi connectivity index (χ1) is 14.1. The highest BCUT2D eigenvalue weighted by molar-refractivity contribution is 9.10. The molecule has 0 bridgehead atoms. The fourth-order valence-electron chi connectivity index (χ4n) is 2.84. The first kappa shape index (κ1) is 20.7. The molecule has 0 aliphatic heterocycles. The van der Waals surface area contributed by atoms with E-state index in [0.717, 1.165) is 21.4 Å². The summed E-state index contributed by atoms with van der Waals surface area (Å²) < 4.78 is 11.9. The third-order valence-corrected chi connectivity index (χ3v) is 4.91. The lowest BCUT2D eigenvalue weighted by Gasteiger charge is -2.15. The Morgan fingerprint density at radius 2 is 1.76 bits per heavy atom. The van der Waals surface area contributed by atoms with E-state index in [4.69, 9.17) is 9.47 Å². The number of carbonyl (C=O) groups excluding carboxylic acids is 1. The highest BCUT2D eigenvalue weighted by atomic mass is 79.9. The van der Waals surface area contributed by atoms with Gasteiger partial charge in [-0.05, 0) is 64.3 Å². The molecule has 3 rings (SSSR count). The molecule has 2 N–H and O–H groups in total. The van der Waals surface area contributed by atoms with Gasteiger partial charge in [-0.2, -0.15) is 0 Å². The standard InChI is InChI=1S/C23H23BrN2O3/c1-16-8-6-7-11-20(16)25-14-17-12-19(24)23(21(13-17)28-2)29-15-22(27)26-18-9-4-3-5-10-18/h3-13,25H,14-15H2,1-2H3,(H,26,27). The van der Waals surface area contributed by atoms with Crippen LogP contribution in [0, 0.1) is 6.92 Å². The van der Waals surface area contributed by atoms with Crippen molar-refractivity contribution in [2.75, 3.05) is 24.4 Å². The summed E-state index contributed by atoms with van der Waals surface area (Å²) in [7, 11) is 1.58. The summed E-state index contributed by atoms with van der Waals surface area (Å²) in [5.74, 6) is 0.819. The minimum Gasteiger partial charge on any atom is -0.493 e. The van der Waals surface area contributed by atoms with E-state index in [1.807, 2.05) is 60.7 Å². The van der Waals surface area contributed by atoms with Crippen molar-refractivity contribution in [3.8, 4) is 11.5 Å². The average Bonchev–Trinajstić information content (AvgIpc) is 2.72. The molecule has 0 radical (unpaired) electrons. The van der Waals surface area contributed by atoms with E-state index >= 15 is 0 Å². The van der Waals surface area contributed by atoms with Crippen LogP contribution in [0.3, 0.4) is 0 Å². The molecule has 0 aliphatic rings. The molecule has 0 fully saturated rings. The van der Waals surface area contributed by atoms with E-state index in [9.17, 15) is 4.79 Å². The molecule has 3 aromatic carbocycles. The number of rotatable bonds is 8. The summed E-state index contributed by atoms with van der Waals surface area (Å²) in [5.41, 5.74) is 4.02. The Kier molecular flexibility index (Phi) is 7.14. The van der Waals surface area contributed by atoms with E-state index < -0.39 is 0 Å². The van der Waals surface area contributed by atoms with E-state index in [1.165, 1.54) is 5.56 Å². The fraction of sp³-hybridized carbons (Fsp3) is 0.174. The number of nitrogens with one attached hydrogen (secondary N) is 2. The van der Waals surface area contributed by atoms with E-state index in [1.54, 1.807) is 7.11 Å². The molecule has 6 heteroatoms. The van der Waals surface area contributed by atoms with Crippen LogP contribution in [0.1, 0.15) is 11.1 Å². The summed E-state index contributed by atoms with van der Waals surface area (Å²) in [6.45, 7) is 2.58. The number of benzene rings is 3. The van der Waals surface area contributed by atoms with Crippen molar-refractivity contribution in [1.29, 1.82) is 0 Å². The number of aryl methyl sites for hydroxylation is 1. The molecule has 0 unspecified atom stereocenters. The maximum atomic E-state index is 12.2. The van der Waals surface area contributed by atoms with Crippen LogP contribution in [0.25, 0.3) is 0 Å². The van der Waals surface area contributed by atoms with Crippen molar-refractivity contribution in [1.82, 2.24) is 0 Å². The predicted octanol–water partition coefficient (Wildman–Crippen LogP) is 5.40. The van der Waals surface area contributed by atoms with Gasteiger partial charge in [-0.25, -0.2) is 0 Å². The van der Waals surface area contributed by atoms with Crippen LogP contribution in [-0.4, -0.2) is 19.6 Å². The zero-order chi connectivity index (χ0) is 20.6. The first-order valence-electron chi connectivity index (χ1n) is 9.20.